The van der Waals surface area contributed by atoms with Crippen LogP contribution in [-0.2, 0) is 6.54 Å². The van der Waals surface area contributed by atoms with Gasteiger partial charge in [-0.05, 0) is 36.4 Å². The van der Waals surface area contributed by atoms with Crippen LogP contribution in [-0.4, -0.2) is 44.1 Å². The number of hydrogen-bond donors (Lipinski definition) is 1. The van der Waals surface area contributed by atoms with Gasteiger partial charge in [0.15, 0.2) is 11.6 Å². The molecule has 1 heterocycles. The van der Waals surface area contributed by atoms with Crippen LogP contribution in [0.2, 0.25) is 5.02 Å². The third-order valence-corrected chi connectivity index (χ3v) is 4.82. The summed E-state index contributed by atoms with van der Waals surface area (Å²) in [4.78, 5) is 15.4. The molecule has 1 fully saturated rings. The van der Waals surface area contributed by atoms with Crippen LogP contribution >= 0.6 is 11.6 Å². The van der Waals surface area contributed by atoms with Gasteiger partial charge in [0.1, 0.15) is 12.4 Å². The highest BCUT2D eigenvalue weighted by Gasteiger charge is 2.26. The molecule has 1 amide bonds. The smallest absolute Gasteiger partial charge is 0.257 e. The lowest BCUT2D eigenvalue weighted by Gasteiger charge is -2.32. The number of carbonyl (C=O) groups excluding carboxylic acids is 1. The molecule has 0 spiro atoms. The first-order valence-electron chi connectivity index (χ1n) is 8.38. The van der Waals surface area contributed by atoms with E-state index in [0.717, 1.165) is 11.6 Å². The molecule has 0 bridgehead atoms. The second-order valence-electron chi connectivity index (χ2n) is 6.31. The molecule has 0 saturated carbocycles. The molecule has 0 aromatic heterocycles. The summed E-state index contributed by atoms with van der Waals surface area (Å²) in [6, 6.07) is 9.01. The molecular formula is C19H20ClF2N2O2+. The number of amides is 1. The molecule has 1 aliphatic rings. The van der Waals surface area contributed by atoms with E-state index in [0.29, 0.717) is 32.7 Å². The lowest BCUT2D eigenvalue weighted by Crippen LogP contribution is -3.13. The van der Waals surface area contributed by atoms with E-state index < -0.39 is 5.82 Å². The molecule has 1 saturated heterocycles. The molecule has 7 heteroatoms. The Labute approximate surface area is 155 Å². The number of halogens is 3. The number of nitrogens with zero attached hydrogens (tertiary/aromatic N) is 1. The lowest BCUT2D eigenvalue weighted by atomic mass is 10.1. The van der Waals surface area contributed by atoms with Crippen molar-refractivity contribution in [1.29, 1.82) is 0 Å². The van der Waals surface area contributed by atoms with Crippen LogP contribution in [0.1, 0.15) is 15.9 Å². The minimum Gasteiger partial charge on any atom is -0.494 e. The van der Waals surface area contributed by atoms with Gasteiger partial charge in [-0.15, -0.1) is 0 Å². The molecule has 2 aromatic rings. The van der Waals surface area contributed by atoms with Crippen LogP contribution in [0, 0.1) is 11.6 Å². The van der Waals surface area contributed by atoms with E-state index in [4.69, 9.17) is 16.3 Å². The van der Waals surface area contributed by atoms with E-state index in [2.05, 4.69) is 0 Å². The molecule has 0 radical (unpaired) electrons. The van der Waals surface area contributed by atoms with Gasteiger partial charge >= 0.3 is 0 Å². The quantitative estimate of drug-likeness (QED) is 0.880. The Kier molecular flexibility index (Phi) is 5.74. The summed E-state index contributed by atoms with van der Waals surface area (Å²) in [5.41, 5.74) is 0.914. The number of benzene rings is 2. The van der Waals surface area contributed by atoms with E-state index in [1.54, 1.807) is 11.0 Å². The van der Waals surface area contributed by atoms with Crippen molar-refractivity contribution in [2.45, 2.75) is 6.54 Å². The van der Waals surface area contributed by atoms with Crippen molar-refractivity contribution < 1.29 is 23.2 Å². The van der Waals surface area contributed by atoms with Crippen molar-refractivity contribution in [3.05, 3.63) is 64.2 Å². The van der Waals surface area contributed by atoms with Crippen LogP contribution in [0.3, 0.4) is 0 Å². The number of methoxy groups -OCH3 is 1. The predicted octanol–water partition coefficient (Wildman–Crippen LogP) is 2.17. The molecule has 3 rings (SSSR count). The number of nitrogens with one attached hydrogen (secondary N) is 1. The average molecular weight is 382 g/mol. The van der Waals surface area contributed by atoms with Gasteiger partial charge in [-0.25, -0.2) is 8.78 Å². The number of carbonyl (C=O) groups is 1. The first-order valence-corrected chi connectivity index (χ1v) is 8.76. The monoisotopic (exact) mass is 381 g/mol. The minimum atomic E-state index is -0.606. The third-order valence-electron chi connectivity index (χ3n) is 4.59. The Morgan fingerprint density at radius 3 is 2.50 bits per heavy atom. The number of rotatable bonds is 4. The summed E-state index contributed by atoms with van der Waals surface area (Å²) < 4.78 is 32.7. The Hall–Kier alpha value is -2.18. The maximum atomic E-state index is 13.9. The van der Waals surface area contributed by atoms with E-state index in [1.165, 1.54) is 30.2 Å². The van der Waals surface area contributed by atoms with Crippen molar-refractivity contribution in [3.8, 4) is 5.75 Å². The van der Waals surface area contributed by atoms with Crippen LogP contribution in [0.4, 0.5) is 8.78 Å². The SMILES string of the molecule is COc1ccc(C[NH+]2CCN(C(=O)c3ccc(Cl)cc3F)CC2)cc1F. The Bertz CT molecular complexity index is 808. The molecule has 0 aliphatic carbocycles. The van der Waals surface area contributed by atoms with Gasteiger partial charge in [-0.2, -0.15) is 0 Å². The Morgan fingerprint density at radius 2 is 1.88 bits per heavy atom. The second kappa shape index (κ2) is 8.01. The van der Waals surface area contributed by atoms with Gasteiger partial charge in [0.2, 0.25) is 0 Å². The highest BCUT2D eigenvalue weighted by atomic mass is 35.5. The molecule has 2 aromatic carbocycles. The summed E-state index contributed by atoms with van der Waals surface area (Å²) in [6.45, 7) is 3.14. The zero-order valence-electron chi connectivity index (χ0n) is 14.4. The molecule has 4 nitrogen and oxygen atoms in total. The van der Waals surface area contributed by atoms with Crippen LogP contribution in [0.15, 0.2) is 36.4 Å². The Balaban J connectivity index is 1.58. The molecule has 1 aliphatic heterocycles. The van der Waals surface area contributed by atoms with E-state index in [9.17, 15) is 13.6 Å². The maximum absolute atomic E-state index is 13.9. The fourth-order valence-corrected chi connectivity index (χ4v) is 3.30. The second-order valence-corrected chi connectivity index (χ2v) is 6.75. The highest BCUT2D eigenvalue weighted by molar-refractivity contribution is 6.30. The first kappa shape index (κ1) is 18.6. The van der Waals surface area contributed by atoms with Crippen molar-refractivity contribution in [3.63, 3.8) is 0 Å². The number of piperazine rings is 1. The van der Waals surface area contributed by atoms with Crippen molar-refractivity contribution >= 4 is 17.5 Å². The van der Waals surface area contributed by atoms with Crippen LogP contribution in [0.25, 0.3) is 0 Å². The number of hydrogen-bond acceptors (Lipinski definition) is 2. The van der Waals surface area contributed by atoms with E-state index >= 15 is 0 Å². The third kappa shape index (κ3) is 4.14. The van der Waals surface area contributed by atoms with E-state index in [1.807, 2.05) is 6.07 Å². The van der Waals surface area contributed by atoms with Gasteiger partial charge in [0, 0.05) is 10.6 Å². The lowest BCUT2D eigenvalue weighted by molar-refractivity contribution is -0.917. The van der Waals surface area contributed by atoms with Crippen molar-refractivity contribution in [2.75, 3.05) is 33.3 Å². The molecule has 1 N–H and O–H groups in total. The zero-order valence-corrected chi connectivity index (χ0v) is 15.2. The zero-order chi connectivity index (χ0) is 18.7. The number of quaternary nitrogens is 1. The summed E-state index contributed by atoms with van der Waals surface area (Å²) >= 11 is 5.73. The summed E-state index contributed by atoms with van der Waals surface area (Å²) in [6.07, 6.45) is 0. The van der Waals surface area contributed by atoms with Gasteiger partial charge in [-0.1, -0.05) is 11.6 Å². The normalized spacial score (nSPS) is 15.2. The molecule has 138 valence electrons. The first-order chi connectivity index (χ1) is 12.5. The largest absolute Gasteiger partial charge is 0.494 e. The van der Waals surface area contributed by atoms with Gasteiger partial charge < -0.3 is 14.5 Å². The fourth-order valence-electron chi connectivity index (χ4n) is 3.14. The van der Waals surface area contributed by atoms with E-state index in [-0.39, 0.29) is 28.1 Å². The van der Waals surface area contributed by atoms with Gasteiger partial charge in [-0.3, -0.25) is 4.79 Å². The van der Waals surface area contributed by atoms with Crippen molar-refractivity contribution in [2.24, 2.45) is 0 Å². The van der Waals surface area contributed by atoms with Crippen molar-refractivity contribution in [1.82, 2.24) is 4.90 Å². The van der Waals surface area contributed by atoms with Crippen LogP contribution in [0.5, 0.6) is 5.75 Å². The summed E-state index contributed by atoms with van der Waals surface area (Å²) in [7, 11) is 1.43. The fraction of sp³-hybridized carbons (Fsp3) is 0.316. The predicted molar refractivity (Wildman–Crippen MR) is 94.7 cm³/mol. The highest BCUT2D eigenvalue weighted by Crippen LogP contribution is 2.18. The van der Waals surface area contributed by atoms with Crippen LogP contribution < -0.4 is 9.64 Å². The van der Waals surface area contributed by atoms with Gasteiger partial charge in [0.25, 0.3) is 5.91 Å². The van der Waals surface area contributed by atoms with Gasteiger partial charge in [0.05, 0.1) is 38.9 Å². The topological polar surface area (TPSA) is 34.0 Å². The Morgan fingerprint density at radius 1 is 1.15 bits per heavy atom. The molecule has 26 heavy (non-hydrogen) atoms. The minimum absolute atomic E-state index is 0.0371. The summed E-state index contributed by atoms with van der Waals surface area (Å²) in [5, 5.41) is 0.264. The standard InChI is InChI=1S/C19H19ClF2N2O2/c1-26-18-5-2-13(10-17(18)22)12-23-6-8-24(9-7-23)19(25)15-4-3-14(20)11-16(15)21/h2-5,10-11H,6-9,12H2,1H3/p+1. The number of ether oxygens (including phenoxy) is 1. The maximum Gasteiger partial charge on any atom is 0.257 e. The molecular weight excluding hydrogens is 362 g/mol. The summed E-state index contributed by atoms with van der Waals surface area (Å²) in [5.74, 6) is -1.08. The molecule has 0 unspecified atom stereocenters. The average Bonchev–Trinajstić information content (AvgIpc) is 2.62. The molecule has 0 atom stereocenters.